The van der Waals surface area contributed by atoms with Crippen molar-refractivity contribution in [2.75, 3.05) is 11.1 Å². The molecule has 2 aromatic carbocycles. The Bertz CT molecular complexity index is 915. The first-order valence-electron chi connectivity index (χ1n) is 7.17. The molecule has 3 aromatic rings. The van der Waals surface area contributed by atoms with E-state index in [1.54, 1.807) is 24.3 Å². The third-order valence-electron chi connectivity index (χ3n) is 3.22. The molecule has 0 saturated heterocycles. The number of hydrogen-bond donors (Lipinski definition) is 3. The Morgan fingerprint density at radius 3 is 2.76 bits per heavy atom. The van der Waals surface area contributed by atoms with Crippen molar-refractivity contribution in [3.05, 3.63) is 63.6 Å². The van der Waals surface area contributed by atoms with Crippen LogP contribution in [0.15, 0.2) is 47.6 Å². The summed E-state index contributed by atoms with van der Waals surface area (Å²) in [5, 5.41) is 10.7. The molecule has 0 aliphatic heterocycles. The van der Waals surface area contributed by atoms with Crippen LogP contribution in [0.2, 0.25) is 10.0 Å². The van der Waals surface area contributed by atoms with E-state index in [9.17, 15) is 4.79 Å². The Balaban J connectivity index is 1.67. The number of hydrogen-bond acceptors (Lipinski definition) is 5. The molecule has 25 heavy (non-hydrogen) atoms. The highest BCUT2D eigenvalue weighted by molar-refractivity contribution is 7.98. The zero-order chi connectivity index (χ0) is 17.8. The molecule has 0 aliphatic carbocycles. The van der Waals surface area contributed by atoms with Gasteiger partial charge in [-0.2, -0.15) is 4.98 Å². The molecule has 0 radical (unpaired) electrons. The summed E-state index contributed by atoms with van der Waals surface area (Å²) in [6, 6.07) is 12.2. The second-order valence-electron chi connectivity index (χ2n) is 5.08. The van der Waals surface area contributed by atoms with E-state index in [-0.39, 0.29) is 11.9 Å². The second-order valence-corrected chi connectivity index (χ2v) is 6.83. The Kier molecular flexibility index (Phi) is 5.47. The van der Waals surface area contributed by atoms with E-state index in [1.807, 2.05) is 18.2 Å². The van der Waals surface area contributed by atoms with Crippen molar-refractivity contribution in [2.24, 2.45) is 0 Å². The van der Waals surface area contributed by atoms with Crippen LogP contribution in [-0.4, -0.2) is 21.1 Å². The molecule has 1 amide bonds. The van der Waals surface area contributed by atoms with E-state index in [1.165, 1.54) is 11.8 Å². The molecule has 128 valence electrons. The predicted octanol–water partition coefficient (Wildman–Crippen LogP) is 4.24. The Morgan fingerprint density at radius 1 is 1.20 bits per heavy atom. The fourth-order valence-electron chi connectivity index (χ4n) is 2.05. The van der Waals surface area contributed by atoms with Gasteiger partial charge in [-0.05, 0) is 35.9 Å². The molecule has 0 saturated carbocycles. The third kappa shape index (κ3) is 4.66. The number of thioether (sulfide) groups is 1. The number of carbonyl (C=O) groups is 1. The van der Waals surface area contributed by atoms with Crippen molar-refractivity contribution >= 4 is 52.5 Å². The minimum absolute atomic E-state index is 0.229. The molecule has 9 heteroatoms. The number of rotatable bonds is 5. The van der Waals surface area contributed by atoms with Crippen LogP contribution in [0.5, 0.6) is 0 Å². The summed E-state index contributed by atoms with van der Waals surface area (Å²) in [6.07, 6.45) is 0. The van der Waals surface area contributed by atoms with Gasteiger partial charge in [0.1, 0.15) is 0 Å². The molecule has 0 spiro atoms. The van der Waals surface area contributed by atoms with Gasteiger partial charge in [0.2, 0.25) is 11.1 Å². The van der Waals surface area contributed by atoms with Gasteiger partial charge in [0, 0.05) is 17.0 Å². The molecule has 0 bridgehead atoms. The van der Waals surface area contributed by atoms with Gasteiger partial charge < -0.3 is 11.1 Å². The standard InChI is InChI=1S/C16H13Cl2N5OS/c17-12-5-4-11(7-13(12)18)20-14(24)10-3-1-2-9(6-10)8-25-16-21-15(19)22-23-16/h1-7H,8H2,(H,20,24)(H3,19,21,22,23). The number of nitrogens with zero attached hydrogens (tertiary/aromatic N) is 2. The first kappa shape index (κ1) is 17.6. The van der Waals surface area contributed by atoms with Crippen LogP contribution < -0.4 is 11.1 Å². The van der Waals surface area contributed by atoms with E-state index >= 15 is 0 Å². The van der Waals surface area contributed by atoms with Crippen molar-refractivity contribution in [2.45, 2.75) is 10.9 Å². The molecule has 6 nitrogen and oxygen atoms in total. The fourth-order valence-corrected chi connectivity index (χ4v) is 3.10. The van der Waals surface area contributed by atoms with Crippen LogP contribution in [0.25, 0.3) is 0 Å². The number of nitrogens with one attached hydrogen (secondary N) is 2. The van der Waals surface area contributed by atoms with E-state index < -0.39 is 0 Å². The molecule has 1 heterocycles. The molecule has 0 aliphatic rings. The number of benzene rings is 2. The molecule has 0 fully saturated rings. The number of aromatic amines is 1. The summed E-state index contributed by atoms with van der Waals surface area (Å²) in [5.74, 6) is 0.662. The van der Waals surface area contributed by atoms with Gasteiger partial charge >= 0.3 is 0 Å². The van der Waals surface area contributed by atoms with Crippen LogP contribution in [0.3, 0.4) is 0 Å². The van der Waals surface area contributed by atoms with Gasteiger partial charge in [0.15, 0.2) is 0 Å². The van der Waals surface area contributed by atoms with Crippen LogP contribution in [0, 0.1) is 0 Å². The summed E-state index contributed by atoms with van der Waals surface area (Å²) < 4.78 is 0. The highest BCUT2D eigenvalue weighted by atomic mass is 35.5. The van der Waals surface area contributed by atoms with Crippen molar-refractivity contribution in [1.82, 2.24) is 15.2 Å². The van der Waals surface area contributed by atoms with Gasteiger partial charge in [0.25, 0.3) is 5.91 Å². The predicted molar refractivity (Wildman–Crippen MR) is 101 cm³/mol. The first-order chi connectivity index (χ1) is 12.0. The van der Waals surface area contributed by atoms with Crippen molar-refractivity contribution in [3.63, 3.8) is 0 Å². The Labute approximate surface area is 158 Å². The van der Waals surface area contributed by atoms with Crippen LogP contribution in [-0.2, 0) is 5.75 Å². The second kappa shape index (κ2) is 7.77. The smallest absolute Gasteiger partial charge is 0.255 e. The monoisotopic (exact) mass is 393 g/mol. The number of nitrogens with two attached hydrogens (primary N) is 1. The average molecular weight is 394 g/mol. The highest BCUT2D eigenvalue weighted by Crippen LogP contribution is 2.25. The van der Waals surface area contributed by atoms with Gasteiger partial charge in [-0.3, -0.25) is 4.79 Å². The number of H-pyrrole nitrogens is 1. The van der Waals surface area contributed by atoms with Crippen molar-refractivity contribution in [1.29, 1.82) is 0 Å². The SMILES string of the molecule is Nc1nc(SCc2cccc(C(=O)Nc3ccc(Cl)c(Cl)c3)c2)n[nH]1. The maximum Gasteiger partial charge on any atom is 0.255 e. The number of halogens is 2. The lowest BCUT2D eigenvalue weighted by molar-refractivity contribution is 0.102. The molecule has 1 aromatic heterocycles. The van der Waals surface area contributed by atoms with E-state index in [4.69, 9.17) is 28.9 Å². The summed E-state index contributed by atoms with van der Waals surface area (Å²) in [6.45, 7) is 0. The maximum absolute atomic E-state index is 12.4. The fraction of sp³-hybridized carbons (Fsp3) is 0.0625. The molecule has 0 unspecified atom stereocenters. The average Bonchev–Trinajstić information content (AvgIpc) is 3.02. The zero-order valence-corrected chi connectivity index (χ0v) is 15.1. The van der Waals surface area contributed by atoms with Crippen LogP contribution in [0.1, 0.15) is 15.9 Å². The normalized spacial score (nSPS) is 10.6. The lowest BCUT2D eigenvalue weighted by atomic mass is 10.1. The summed E-state index contributed by atoms with van der Waals surface area (Å²) in [5.41, 5.74) is 7.58. The lowest BCUT2D eigenvalue weighted by Crippen LogP contribution is -2.12. The number of amides is 1. The molecule has 3 rings (SSSR count). The number of aromatic nitrogens is 3. The number of carbonyl (C=O) groups excluding carboxylic acids is 1. The Hall–Kier alpha value is -2.22. The highest BCUT2D eigenvalue weighted by Gasteiger charge is 2.09. The van der Waals surface area contributed by atoms with Gasteiger partial charge in [0.05, 0.1) is 10.0 Å². The quantitative estimate of drug-likeness (QED) is 0.563. The Morgan fingerprint density at radius 2 is 2.04 bits per heavy atom. The van der Waals surface area contributed by atoms with Gasteiger partial charge in [-0.25, -0.2) is 5.10 Å². The van der Waals surface area contributed by atoms with Gasteiger partial charge in [-0.1, -0.05) is 47.1 Å². The minimum Gasteiger partial charge on any atom is -0.368 e. The third-order valence-corrected chi connectivity index (χ3v) is 4.87. The lowest BCUT2D eigenvalue weighted by Gasteiger charge is -2.07. The summed E-state index contributed by atoms with van der Waals surface area (Å²) >= 11 is 13.3. The topological polar surface area (TPSA) is 96.7 Å². The minimum atomic E-state index is -0.229. The van der Waals surface area contributed by atoms with Crippen LogP contribution >= 0.6 is 35.0 Å². The molecule has 4 N–H and O–H groups in total. The summed E-state index contributed by atoms with van der Waals surface area (Å²) in [7, 11) is 0. The van der Waals surface area contributed by atoms with E-state index in [2.05, 4.69) is 20.5 Å². The zero-order valence-electron chi connectivity index (χ0n) is 12.8. The largest absolute Gasteiger partial charge is 0.368 e. The van der Waals surface area contributed by atoms with Gasteiger partial charge in [-0.15, -0.1) is 5.10 Å². The van der Waals surface area contributed by atoms with Crippen molar-refractivity contribution in [3.8, 4) is 0 Å². The number of nitrogen functional groups attached to an aromatic ring is 1. The first-order valence-corrected chi connectivity index (χ1v) is 8.91. The molecule has 0 atom stereocenters. The summed E-state index contributed by atoms with van der Waals surface area (Å²) in [4.78, 5) is 16.4. The van der Waals surface area contributed by atoms with Crippen LogP contribution in [0.4, 0.5) is 11.6 Å². The van der Waals surface area contributed by atoms with Crippen molar-refractivity contribution < 1.29 is 4.79 Å². The van der Waals surface area contributed by atoms with E-state index in [0.717, 1.165) is 5.56 Å². The maximum atomic E-state index is 12.4. The van der Waals surface area contributed by atoms with E-state index in [0.29, 0.717) is 32.2 Å². The molecular formula is C16H13Cl2N5OS. The number of anilines is 2. The molecular weight excluding hydrogens is 381 g/mol.